The Morgan fingerprint density at radius 2 is 2.33 bits per heavy atom. The van der Waals surface area contributed by atoms with E-state index in [-0.39, 0.29) is 24.2 Å². The molecule has 24 heavy (non-hydrogen) atoms. The molecule has 0 saturated carbocycles. The molecule has 8 nitrogen and oxygen atoms in total. The third-order valence-electron chi connectivity index (χ3n) is 4.97. The number of aliphatic carboxylic acids is 1. The van der Waals surface area contributed by atoms with Crippen molar-refractivity contribution in [1.29, 1.82) is 0 Å². The molecule has 132 valence electrons. The molecule has 0 radical (unpaired) electrons. The number of carbonyl (C=O) groups excluding carboxylic acids is 1. The van der Waals surface area contributed by atoms with E-state index in [1.54, 1.807) is 4.90 Å². The number of H-pyrrole nitrogens is 1. The van der Waals surface area contributed by atoms with Gasteiger partial charge in [-0.05, 0) is 25.8 Å². The zero-order chi connectivity index (χ0) is 17.2. The highest BCUT2D eigenvalue weighted by Crippen LogP contribution is 2.38. The number of carbonyl (C=O) groups is 2. The highest BCUT2D eigenvalue weighted by atomic mass is 32.2. The standard InChI is InChI=1S/C15H23N5O3S/c1-2-11-17-14(19-18-11)24-8-12(21)20-7-4-10-15(9-20,13(22)23)5-3-6-16-10/h10,16H,2-9H2,1H3,(H,22,23)(H,17,18,19)/t10-,15+/m1/s1. The SMILES string of the molecule is CCc1nc(SCC(=O)N2CC[C@H]3NCCC[C@]3(C(=O)O)C2)n[nH]1. The van der Waals surface area contributed by atoms with E-state index in [4.69, 9.17) is 0 Å². The lowest BCUT2D eigenvalue weighted by atomic mass is 9.70. The van der Waals surface area contributed by atoms with Gasteiger partial charge in [-0.2, -0.15) is 0 Å². The lowest BCUT2D eigenvalue weighted by Crippen LogP contribution is -2.63. The number of fused-ring (bicyclic) bond motifs is 1. The Morgan fingerprint density at radius 1 is 1.50 bits per heavy atom. The van der Waals surface area contributed by atoms with Crippen LogP contribution in [0.5, 0.6) is 0 Å². The van der Waals surface area contributed by atoms with Crippen LogP contribution in [0, 0.1) is 5.41 Å². The number of thioether (sulfide) groups is 1. The summed E-state index contributed by atoms with van der Waals surface area (Å²) in [6.45, 7) is 3.72. The molecule has 2 fully saturated rings. The number of hydrogen-bond donors (Lipinski definition) is 3. The Bertz CT molecular complexity index is 622. The van der Waals surface area contributed by atoms with E-state index in [2.05, 4.69) is 20.5 Å². The van der Waals surface area contributed by atoms with Crippen molar-refractivity contribution in [2.24, 2.45) is 5.41 Å². The number of aryl methyl sites for hydroxylation is 1. The first-order valence-corrected chi connectivity index (χ1v) is 9.32. The second kappa shape index (κ2) is 7.10. The summed E-state index contributed by atoms with van der Waals surface area (Å²) < 4.78 is 0. The van der Waals surface area contributed by atoms with Crippen LogP contribution in [0.25, 0.3) is 0 Å². The van der Waals surface area contributed by atoms with Crippen LogP contribution in [0.3, 0.4) is 0 Å². The summed E-state index contributed by atoms with van der Waals surface area (Å²) in [6.07, 6.45) is 2.90. The number of carboxylic acids is 1. The first kappa shape index (κ1) is 17.2. The van der Waals surface area contributed by atoms with Gasteiger partial charge in [-0.3, -0.25) is 14.7 Å². The molecule has 2 aliphatic rings. The average Bonchev–Trinajstić information content (AvgIpc) is 3.07. The Hall–Kier alpha value is -1.61. The van der Waals surface area contributed by atoms with Gasteiger partial charge in [0, 0.05) is 25.6 Å². The quantitative estimate of drug-likeness (QED) is 0.662. The largest absolute Gasteiger partial charge is 0.481 e. The zero-order valence-corrected chi connectivity index (χ0v) is 14.6. The zero-order valence-electron chi connectivity index (χ0n) is 13.7. The lowest BCUT2D eigenvalue weighted by Gasteiger charge is -2.48. The number of piperidine rings is 2. The summed E-state index contributed by atoms with van der Waals surface area (Å²) in [5.41, 5.74) is -0.850. The predicted molar refractivity (Wildman–Crippen MR) is 88.8 cm³/mol. The van der Waals surface area contributed by atoms with E-state index in [1.165, 1.54) is 11.8 Å². The van der Waals surface area contributed by atoms with Gasteiger partial charge in [0.15, 0.2) is 0 Å². The fourth-order valence-electron chi connectivity index (χ4n) is 3.58. The molecular formula is C15H23N5O3S. The molecule has 0 unspecified atom stereocenters. The molecule has 1 aromatic heterocycles. The fourth-order valence-corrected chi connectivity index (χ4v) is 4.30. The van der Waals surface area contributed by atoms with Crippen LogP contribution in [-0.2, 0) is 16.0 Å². The molecule has 0 spiro atoms. The van der Waals surface area contributed by atoms with Gasteiger partial charge in [-0.1, -0.05) is 18.7 Å². The van der Waals surface area contributed by atoms with E-state index >= 15 is 0 Å². The molecule has 0 aromatic carbocycles. The van der Waals surface area contributed by atoms with Crippen molar-refractivity contribution in [3.05, 3.63) is 5.82 Å². The van der Waals surface area contributed by atoms with E-state index in [0.717, 1.165) is 25.2 Å². The van der Waals surface area contributed by atoms with Crippen LogP contribution in [0.15, 0.2) is 5.16 Å². The van der Waals surface area contributed by atoms with Crippen LogP contribution >= 0.6 is 11.8 Å². The third kappa shape index (κ3) is 3.27. The molecule has 9 heteroatoms. The average molecular weight is 353 g/mol. The van der Waals surface area contributed by atoms with Gasteiger partial charge < -0.3 is 15.3 Å². The van der Waals surface area contributed by atoms with Gasteiger partial charge in [-0.25, -0.2) is 4.98 Å². The maximum Gasteiger partial charge on any atom is 0.313 e. The Morgan fingerprint density at radius 3 is 3.04 bits per heavy atom. The molecule has 0 bridgehead atoms. The lowest BCUT2D eigenvalue weighted by molar-refractivity contribution is -0.159. The Labute approximate surface area is 144 Å². The van der Waals surface area contributed by atoms with Crippen molar-refractivity contribution < 1.29 is 14.7 Å². The minimum absolute atomic E-state index is 0.0411. The third-order valence-corrected chi connectivity index (χ3v) is 5.80. The first-order valence-electron chi connectivity index (χ1n) is 8.34. The summed E-state index contributed by atoms with van der Waals surface area (Å²) in [5.74, 6) is 0.178. The van der Waals surface area contributed by atoms with Gasteiger partial charge in [0.1, 0.15) is 11.2 Å². The fraction of sp³-hybridized carbons (Fsp3) is 0.733. The number of nitrogens with one attached hydrogen (secondary N) is 2. The molecule has 2 aliphatic heterocycles. The number of amides is 1. The maximum atomic E-state index is 12.5. The van der Waals surface area contributed by atoms with Crippen LogP contribution in [0.1, 0.15) is 32.0 Å². The smallest absolute Gasteiger partial charge is 0.313 e. The summed E-state index contributed by atoms with van der Waals surface area (Å²) >= 11 is 1.29. The topological polar surface area (TPSA) is 111 Å². The predicted octanol–water partition coefficient (Wildman–Crippen LogP) is 0.515. The Balaban J connectivity index is 1.62. The van der Waals surface area contributed by atoms with Gasteiger partial charge in [-0.15, -0.1) is 5.10 Å². The van der Waals surface area contributed by atoms with Crippen molar-refractivity contribution in [2.45, 2.75) is 43.8 Å². The van der Waals surface area contributed by atoms with Crippen molar-refractivity contribution in [3.63, 3.8) is 0 Å². The highest BCUT2D eigenvalue weighted by Gasteiger charge is 2.51. The molecule has 3 heterocycles. The summed E-state index contributed by atoms with van der Waals surface area (Å²) in [7, 11) is 0. The second-order valence-corrected chi connectivity index (χ2v) is 7.32. The highest BCUT2D eigenvalue weighted by molar-refractivity contribution is 7.99. The van der Waals surface area contributed by atoms with Crippen LogP contribution in [-0.4, -0.2) is 68.5 Å². The minimum atomic E-state index is -0.850. The first-order chi connectivity index (χ1) is 11.5. The van der Waals surface area contributed by atoms with Gasteiger partial charge in [0.05, 0.1) is 5.75 Å². The number of aromatic amines is 1. The molecule has 2 atom stereocenters. The molecule has 3 rings (SSSR count). The van der Waals surface area contributed by atoms with Crippen molar-refractivity contribution >= 4 is 23.6 Å². The monoisotopic (exact) mass is 353 g/mol. The van der Waals surface area contributed by atoms with Crippen LogP contribution < -0.4 is 5.32 Å². The van der Waals surface area contributed by atoms with E-state index in [1.807, 2.05) is 6.92 Å². The number of carboxylic acid groups (broad SMARTS) is 1. The number of rotatable bonds is 5. The summed E-state index contributed by atoms with van der Waals surface area (Å²) in [6, 6.07) is -0.0411. The molecule has 1 amide bonds. The minimum Gasteiger partial charge on any atom is -0.481 e. The van der Waals surface area contributed by atoms with E-state index in [0.29, 0.717) is 24.5 Å². The van der Waals surface area contributed by atoms with Gasteiger partial charge in [0.2, 0.25) is 11.1 Å². The summed E-state index contributed by atoms with van der Waals surface area (Å²) in [5, 5.41) is 20.5. The van der Waals surface area contributed by atoms with Gasteiger partial charge >= 0.3 is 5.97 Å². The van der Waals surface area contributed by atoms with Crippen molar-refractivity contribution in [2.75, 3.05) is 25.4 Å². The number of likely N-dealkylation sites (tertiary alicyclic amines) is 1. The Kier molecular flexibility index (Phi) is 5.09. The second-order valence-electron chi connectivity index (χ2n) is 6.38. The molecule has 0 aliphatic carbocycles. The molecule has 3 N–H and O–H groups in total. The molecular weight excluding hydrogens is 330 g/mol. The summed E-state index contributed by atoms with van der Waals surface area (Å²) in [4.78, 5) is 30.4. The van der Waals surface area contributed by atoms with Crippen molar-refractivity contribution in [1.82, 2.24) is 25.4 Å². The number of hydrogen-bond acceptors (Lipinski definition) is 6. The molecule has 1 aromatic rings. The van der Waals surface area contributed by atoms with E-state index in [9.17, 15) is 14.7 Å². The van der Waals surface area contributed by atoms with Crippen LogP contribution in [0.2, 0.25) is 0 Å². The normalized spacial score (nSPS) is 26.9. The van der Waals surface area contributed by atoms with E-state index < -0.39 is 11.4 Å². The van der Waals surface area contributed by atoms with Crippen molar-refractivity contribution in [3.8, 4) is 0 Å². The number of nitrogens with zero attached hydrogens (tertiary/aromatic N) is 3. The van der Waals surface area contributed by atoms with Gasteiger partial charge in [0.25, 0.3) is 0 Å². The molecule has 2 saturated heterocycles. The maximum absolute atomic E-state index is 12.5. The number of aromatic nitrogens is 3. The van der Waals surface area contributed by atoms with Crippen LogP contribution in [0.4, 0.5) is 0 Å².